The number of halogens is 4. The number of hydrazone groups is 1. The predicted octanol–water partition coefficient (Wildman–Crippen LogP) is 3.57. The molecule has 0 aliphatic rings. The molecule has 2 aromatic rings. The molecular weight excluding hydrogens is 431 g/mol. The van der Waals surface area contributed by atoms with Crippen molar-refractivity contribution in [3.63, 3.8) is 0 Å². The van der Waals surface area contributed by atoms with Gasteiger partial charge in [0.25, 0.3) is 0 Å². The van der Waals surface area contributed by atoms with E-state index in [2.05, 4.69) is 26.3 Å². The molecule has 0 saturated carbocycles. The van der Waals surface area contributed by atoms with Crippen LogP contribution in [0, 0.1) is 0 Å². The lowest BCUT2D eigenvalue weighted by molar-refractivity contribution is -0.137. The summed E-state index contributed by atoms with van der Waals surface area (Å²) < 4.78 is 43.8. The summed E-state index contributed by atoms with van der Waals surface area (Å²) in [5.74, 6) is -1.81. The Morgan fingerprint density at radius 3 is 2.56 bits per heavy atom. The third-order valence-corrected chi connectivity index (χ3v) is 3.71. The smallest absolute Gasteiger partial charge is 0.416 e. The topological polar surface area (TPSA) is 79.8 Å². The quantitative estimate of drug-likeness (QED) is 0.430. The van der Waals surface area contributed by atoms with E-state index < -0.39 is 23.6 Å². The summed E-state index contributed by atoms with van der Waals surface area (Å²) in [5, 5.41) is 5.72. The number of hydrogen-bond acceptors (Lipinski definition) is 4. The second-order valence-electron chi connectivity index (χ2n) is 5.12. The Kier molecular flexibility index (Phi) is 6.56. The first-order valence-electron chi connectivity index (χ1n) is 7.36. The van der Waals surface area contributed by atoms with Crippen LogP contribution in [0.2, 0.25) is 0 Å². The summed E-state index contributed by atoms with van der Waals surface area (Å²) in [5.41, 5.74) is 1.42. The number of carbonyl (C=O) groups is 2. The Morgan fingerprint density at radius 1 is 1.15 bits per heavy atom. The van der Waals surface area contributed by atoms with Crippen LogP contribution in [0.4, 0.5) is 18.9 Å². The van der Waals surface area contributed by atoms with Gasteiger partial charge in [-0.3, -0.25) is 9.59 Å². The number of anilines is 1. The van der Waals surface area contributed by atoms with Crippen molar-refractivity contribution >= 4 is 39.6 Å². The highest BCUT2D eigenvalue weighted by Crippen LogP contribution is 2.30. The van der Waals surface area contributed by atoms with Gasteiger partial charge in [-0.1, -0.05) is 22.0 Å². The molecule has 6 nitrogen and oxygen atoms in total. The molecule has 10 heteroatoms. The van der Waals surface area contributed by atoms with Crippen LogP contribution in [0.3, 0.4) is 0 Å². The SMILES string of the molecule is COc1ccc(Br)cc1/C=N/NC(=O)C(=O)Nc1cccc(C(F)(F)F)c1. The second-order valence-corrected chi connectivity index (χ2v) is 6.03. The Morgan fingerprint density at radius 2 is 1.89 bits per heavy atom. The van der Waals surface area contributed by atoms with E-state index in [4.69, 9.17) is 4.74 Å². The maximum Gasteiger partial charge on any atom is 0.416 e. The van der Waals surface area contributed by atoms with Crippen molar-refractivity contribution in [2.75, 3.05) is 12.4 Å². The minimum atomic E-state index is -4.56. The van der Waals surface area contributed by atoms with Crippen molar-refractivity contribution in [3.8, 4) is 5.75 Å². The summed E-state index contributed by atoms with van der Waals surface area (Å²) >= 11 is 3.28. The summed E-state index contributed by atoms with van der Waals surface area (Å²) in [6.45, 7) is 0. The lowest BCUT2D eigenvalue weighted by Crippen LogP contribution is -2.32. The van der Waals surface area contributed by atoms with Gasteiger partial charge in [0.15, 0.2) is 0 Å². The van der Waals surface area contributed by atoms with Crippen LogP contribution in [0.15, 0.2) is 52.0 Å². The molecule has 0 spiro atoms. The fourth-order valence-corrected chi connectivity index (χ4v) is 2.36. The first-order valence-corrected chi connectivity index (χ1v) is 8.15. The number of nitrogens with zero attached hydrogens (tertiary/aromatic N) is 1. The lowest BCUT2D eigenvalue weighted by Gasteiger charge is -2.09. The average Bonchev–Trinajstić information content (AvgIpc) is 2.61. The van der Waals surface area contributed by atoms with E-state index in [9.17, 15) is 22.8 Å². The predicted molar refractivity (Wildman–Crippen MR) is 96.5 cm³/mol. The third-order valence-electron chi connectivity index (χ3n) is 3.22. The molecule has 0 unspecified atom stereocenters. The van der Waals surface area contributed by atoms with Crippen molar-refractivity contribution in [1.29, 1.82) is 0 Å². The van der Waals surface area contributed by atoms with Crippen LogP contribution in [0.25, 0.3) is 0 Å². The summed E-state index contributed by atoms with van der Waals surface area (Å²) in [4.78, 5) is 23.5. The van der Waals surface area contributed by atoms with Crippen LogP contribution < -0.4 is 15.5 Å². The number of rotatable bonds is 4. The molecule has 0 aromatic heterocycles. The number of methoxy groups -OCH3 is 1. The fraction of sp³-hybridized carbons (Fsp3) is 0.118. The number of benzene rings is 2. The maximum absolute atomic E-state index is 12.7. The number of amides is 2. The first-order chi connectivity index (χ1) is 12.7. The number of ether oxygens (including phenoxy) is 1. The molecule has 0 atom stereocenters. The van der Waals surface area contributed by atoms with E-state index in [1.54, 1.807) is 18.2 Å². The fourth-order valence-electron chi connectivity index (χ4n) is 1.98. The number of hydrogen-bond donors (Lipinski definition) is 2. The molecule has 0 saturated heterocycles. The minimum absolute atomic E-state index is 0.164. The normalized spacial score (nSPS) is 11.3. The van der Waals surface area contributed by atoms with Gasteiger partial charge in [-0.05, 0) is 36.4 Å². The van der Waals surface area contributed by atoms with Gasteiger partial charge in [-0.25, -0.2) is 5.43 Å². The number of carbonyl (C=O) groups excluding carboxylic acids is 2. The molecule has 0 fully saturated rings. The van der Waals surface area contributed by atoms with Crippen LogP contribution in [0.5, 0.6) is 5.75 Å². The highest BCUT2D eigenvalue weighted by atomic mass is 79.9. The summed E-state index contributed by atoms with van der Waals surface area (Å²) in [6, 6.07) is 9.03. The number of alkyl halides is 3. The van der Waals surface area contributed by atoms with Gasteiger partial charge in [0, 0.05) is 15.7 Å². The molecule has 0 bridgehead atoms. The average molecular weight is 444 g/mol. The Balaban J connectivity index is 2.01. The van der Waals surface area contributed by atoms with E-state index in [0.29, 0.717) is 11.3 Å². The molecule has 0 aliphatic carbocycles. The zero-order valence-corrected chi connectivity index (χ0v) is 15.4. The Hall–Kier alpha value is -2.88. The van der Waals surface area contributed by atoms with Gasteiger partial charge in [0.05, 0.1) is 18.9 Å². The van der Waals surface area contributed by atoms with Crippen LogP contribution in [-0.2, 0) is 15.8 Å². The van der Waals surface area contributed by atoms with Crippen LogP contribution in [0.1, 0.15) is 11.1 Å². The van der Waals surface area contributed by atoms with Gasteiger partial charge in [-0.15, -0.1) is 0 Å². The standard InChI is InChI=1S/C17H13BrF3N3O3/c1-27-14-6-5-12(18)7-10(14)9-22-24-16(26)15(25)23-13-4-2-3-11(8-13)17(19,20)21/h2-9H,1H3,(H,23,25)(H,24,26)/b22-9+. The Labute approximate surface area is 160 Å². The van der Waals surface area contributed by atoms with Crippen LogP contribution >= 0.6 is 15.9 Å². The van der Waals surface area contributed by atoms with Gasteiger partial charge in [0.1, 0.15) is 5.75 Å². The zero-order chi connectivity index (χ0) is 20.0. The second kappa shape index (κ2) is 8.67. The third kappa shape index (κ3) is 5.81. The number of nitrogens with one attached hydrogen (secondary N) is 2. The molecule has 2 rings (SSSR count). The molecule has 0 heterocycles. The first kappa shape index (κ1) is 20.4. The largest absolute Gasteiger partial charge is 0.496 e. The molecule has 0 aliphatic heterocycles. The van der Waals surface area contributed by atoms with Crippen molar-refractivity contribution < 1.29 is 27.5 Å². The van der Waals surface area contributed by atoms with Crippen molar-refractivity contribution in [1.82, 2.24) is 5.43 Å². The van der Waals surface area contributed by atoms with E-state index >= 15 is 0 Å². The highest BCUT2D eigenvalue weighted by molar-refractivity contribution is 9.10. The van der Waals surface area contributed by atoms with E-state index in [-0.39, 0.29) is 5.69 Å². The van der Waals surface area contributed by atoms with Crippen molar-refractivity contribution in [3.05, 3.63) is 58.1 Å². The van der Waals surface area contributed by atoms with Gasteiger partial charge in [-0.2, -0.15) is 18.3 Å². The summed E-state index contributed by atoms with van der Waals surface area (Å²) in [7, 11) is 1.46. The van der Waals surface area contributed by atoms with Gasteiger partial charge >= 0.3 is 18.0 Å². The van der Waals surface area contributed by atoms with Gasteiger partial charge < -0.3 is 10.1 Å². The minimum Gasteiger partial charge on any atom is -0.496 e. The lowest BCUT2D eigenvalue weighted by atomic mass is 10.2. The summed E-state index contributed by atoms with van der Waals surface area (Å²) in [6.07, 6.45) is -3.30. The van der Waals surface area contributed by atoms with Crippen molar-refractivity contribution in [2.24, 2.45) is 5.10 Å². The molecule has 2 aromatic carbocycles. The van der Waals surface area contributed by atoms with E-state index in [1.165, 1.54) is 19.4 Å². The molecular formula is C17H13BrF3N3O3. The van der Waals surface area contributed by atoms with Crippen LogP contribution in [-0.4, -0.2) is 25.1 Å². The molecule has 0 radical (unpaired) electrons. The molecule has 27 heavy (non-hydrogen) atoms. The van der Waals surface area contributed by atoms with Crippen molar-refractivity contribution in [2.45, 2.75) is 6.18 Å². The maximum atomic E-state index is 12.7. The molecule has 2 amide bonds. The zero-order valence-electron chi connectivity index (χ0n) is 13.8. The monoisotopic (exact) mass is 443 g/mol. The van der Waals surface area contributed by atoms with Gasteiger partial charge in [0.2, 0.25) is 0 Å². The highest BCUT2D eigenvalue weighted by Gasteiger charge is 2.30. The van der Waals surface area contributed by atoms with E-state index in [1.807, 2.05) is 5.43 Å². The molecule has 2 N–H and O–H groups in total. The molecule has 142 valence electrons. The van der Waals surface area contributed by atoms with E-state index in [0.717, 1.165) is 22.7 Å². The Bertz CT molecular complexity index is 885.